The fourth-order valence-corrected chi connectivity index (χ4v) is 3.03. The Kier molecular flexibility index (Phi) is 7.35. The highest BCUT2D eigenvalue weighted by Gasteiger charge is 2.28. The summed E-state index contributed by atoms with van der Waals surface area (Å²) in [7, 11) is 0. The molecule has 0 radical (unpaired) electrons. The molecule has 0 spiro atoms. The molecule has 0 atom stereocenters. The Hall–Kier alpha value is -2.42. The molecule has 4 amide bonds. The second-order valence-corrected chi connectivity index (χ2v) is 7.41. The van der Waals surface area contributed by atoms with Gasteiger partial charge in [0.2, 0.25) is 5.91 Å². The van der Waals surface area contributed by atoms with E-state index < -0.39 is 11.8 Å². The number of nitrogens with zero attached hydrogens (tertiary/aromatic N) is 2. The molecule has 1 aromatic carbocycles. The minimum atomic E-state index is -0.633. The second kappa shape index (κ2) is 9.50. The molecule has 0 unspecified atom stereocenters. The molecule has 1 saturated heterocycles. The monoisotopic (exact) mass is 438 g/mol. The Morgan fingerprint density at radius 2 is 1.70 bits per heavy atom. The van der Waals surface area contributed by atoms with Crippen LogP contribution >= 0.6 is 15.9 Å². The van der Waals surface area contributed by atoms with E-state index in [-0.39, 0.29) is 37.5 Å². The maximum Gasteiger partial charge on any atom is 0.312 e. The Morgan fingerprint density at radius 3 is 2.30 bits per heavy atom. The fourth-order valence-electron chi connectivity index (χ4n) is 2.63. The number of hydrogen-bond acceptors (Lipinski definition) is 4. The summed E-state index contributed by atoms with van der Waals surface area (Å²) in [5, 5.41) is 5.17. The van der Waals surface area contributed by atoms with E-state index in [4.69, 9.17) is 0 Å². The highest BCUT2D eigenvalue weighted by Crippen LogP contribution is 2.11. The van der Waals surface area contributed by atoms with Crippen molar-refractivity contribution in [1.82, 2.24) is 20.4 Å². The maximum absolute atomic E-state index is 12.3. The van der Waals surface area contributed by atoms with E-state index in [2.05, 4.69) is 26.6 Å². The van der Waals surface area contributed by atoms with Crippen LogP contribution in [0.4, 0.5) is 0 Å². The van der Waals surface area contributed by atoms with E-state index in [9.17, 15) is 19.2 Å². The fraction of sp³-hybridized carbons (Fsp3) is 0.444. The van der Waals surface area contributed by atoms with Crippen molar-refractivity contribution in [3.63, 3.8) is 0 Å². The smallest absolute Gasteiger partial charge is 0.312 e. The Bertz CT molecular complexity index is 730. The van der Waals surface area contributed by atoms with Crippen molar-refractivity contribution in [3.8, 4) is 0 Å². The van der Waals surface area contributed by atoms with Gasteiger partial charge in [0.15, 0.2) is 0 Å². The van der Waals surface area contributed by atoms with Crippen LogP contribution in [-0.2, 0) is 14.4 Å². The van der Waals surface area contributed by atoms with Gasteiger partial charge in [0, 0.05) is 42.3 Å². The lowest BCUT2D eigenvalue weighted by Gasteiger charge is -2.34. The minimum absolute atomic E-state index is 0.113. The van der Waals surface area contributed by atoms with E-state index in [1.807, 2.05) is 6.07 Å². The van der Waals surface area contributed by atoms with Gasteiger partial charge in [-0.25, -0.2) is 0 Å². The predicted molar refractivity (Wildman–Crippen MR) is 103 cm³/mol. The number of hydrogen-bond donors (Lipinski definition) is 2. The summed E-state index contributed by atoms with van der Waals surface area (Å²) in [6.07, 6.45) is 0. The van der Waals surface area contributed by atoms with Crippen LogP contribution in [-0.4, -0.2) is 72.2 Å². The number of carbonyl (C=O) groups excluding carboxylic acids is 4. The lowest BCUT2D eigenvalue weighted by atomic mass is 10.2. The number of benzene rings is 1. The molecule has 27 heavy (non-hydrogen) atoms. The quantitative estimate of drug-likeness (QED) is 0.663. The van der Waals surface area contributed by atoms with E-state index in [0.717, 1.165) is 4.47 Å². The van der Waals surface area contributed by atoms with Gasteiger partial charge in [-0.3, -0.25) is 19.2 Å². The Labute approximate surface area is 166 Å². The van der Waals surface area contributed by atoms with Gasteiger partial charge < -0.3 is 20.4 Å². The first-order valence-corrected chi connectivity index (χ1v) is 9.48. The van der Waals surface area contributed by atoms with Gasteiger partial charge in [-0.15, -0.1) is 0 Å². The van der Waals surface area contributed by atoms with Crippen molar-refractivity contribution in [3.05, 3.63) is 34.3 Å². The van der Waals surface area contributed by atoms with Crippen LogP contribution in [0.15, 0.2) is 28.7 Å². The molecule has 9 heteroatoms. The average molecular weight is 439 g/mol. The molecule has 1 heterocycles. The molecular formula is C18H23BrN4O4. The standard InChI is InChI=1S/C18H23BrN4O4/c1-12(2)21-17(26)18(27)23-8-6-22(7-9-23)15(24)11-20-16(25)13-4-3-5-14(19)10-13/h3-5,10,12H,6-9,11H2,1-2H3,(H,20,25)(H,21,26). The first-order valence-electron chi connectivity index (χ1n) is 8.69. The van der Waals surface area contributed by atoms with E-state index >= 15 is 0 Å². The molecular weight excluding hydrogens is 416 g/mol. The predicted octanol–water partition coefficient (Wildman–Crippen LogP) is 0.374. The molecule has 146 valence electrons. The molecule has 1 aromatic rings. The van der Waals surface area contributed by atoms with Gasteiger partial charge in [-0.2, -0.15) is 0 Å². The zero-order valence-corrected chi connectivity index (χ0v) is 16.9. The van der Waals surface area contributed by atoms with Crippen molar-refractivity contribution >= 4 is 39.6 Å². The van der Waals surface area contributed by atoms with Crippen LogP contribution in [0, 0.1) is 0 Å². The average Bonchev–Trinajstić information content (AvgIpc) is 2.64. The number of piperazine rings is 1. The number of carbonyl (C=O) groups is 4. The number of halogens is 1. The topological polar surface area (TPSA) is 98.8 Å². The van der Waals surface area contributed by atoms with Crippen LogP contribution in [0.2, 0.25) is 0 Å². The summed E-state index contributed by atoms with van der Waals surface area (Å²) < 4.78 is 0.781. The van der Waals surface area contributed by atoms with E-state index in [1.54, 1.807) is 36.9 Å². The van der Waals surface area contributed by atoms with Crippen molar-refractivity contribution < 1.29 is 19.2 Å². The third-order valence-corrected chi connectivity index (χ3v) is 4.51. The van der Waals surface area contributed by atoms with E-state index in [1.165, 1.54) is 4.90 Å². The molecule has 0 bridgehead atoms. The van der Waals surface area contributed by atoms with Crippen molar-refractivity contribution in [2.75, 3.05) is 32.7 Å². The van der Waals surface area contributed by atoms with Crippen LogP contribution in [0.25, 0.3) is 0 Å². The van der Waals surface area contributed by atoms with Gasteiger partial charge in [0.05, 0.1) is 6.54 Å². The number of rotatable bonds is 4. The zero-order chi connectivity index (χ0) is 20.0. The van der Waals surface area contributed by atoms with Gasteiger partial charge in [-0.1, -0.05) is 22.0 Å². The summed E-state index contributed by atoms with van der Waals surface area (Å²) >= 11 is 3.30. The van der Waals surface area contributed by atoms with Gasteiger partial charge >= 0.3 is 11.8 Å². The first kappa shape index (κ1) is 20.9. The molecule has 8 nitrogen and oxygen atoms in total. The molecule has 2 rings (SSSR count). The van der Waals surface area contributed by atoms with Gasteiger partial charge in [0.25, 0.3) is 5.91 Å². The minimum Gasteiger partial charge on any atom is -0.346 e. The van der Waals surface area contributed by atoms with Crippen LogP contribution in [0.5, 0.6) is 0 Å². The lowest BCUT2D eigenvalue weighted by Crippen LogP contribution is -2.55. The van der Waals surface area contributed by atoms with Crippen LogP contribution in [0.3, 0.4) is 0 Å². The summed E-state index contributed by atoms with van der Waals surface area (Å²) in [5.74, 6) is -1.77. The molecule has 0 aliphatic carbocycles. The highest BCUT2D eigenvalue weighted by atomic mass is 79.9. The highest BCUT2D eigenvalue weighted by molar-refractivity contribution is 9.10. The van der Waals surface area contributed by atoms with Crippen LogP contribution in [0.1, 0.15) is 24.2 Å². The number of amides is 4. The molecule has 2 N–H and O–H groups in total. The largest absolute Gasteiger partial charge is 0.346 e. The van der Waals surface area contributed by atoms with Crippen molar-refractivity contribution in [2.24, 2.45) is 0 Å². The third-order valence-electron chi connectivity index (χ3n) is 4.02. The molecule has 0 saturated carbocycles. The molecule has 1 aliphatic heterocycles. The Morgan fingerprint density at radius 1 is 1.07 bits per heavy atom. The summed E-state index contributed by atoms with van der Waals surface area (Å²) in [5.41, 5.74) is 0.462. The summed E-state index contributed by atoms with van der Waals surface area (Å²) in [4.78, 5) is 51.2. The van der Waals surface area contributed by atoms with Crippen molar-refractivity contribution in [2.45, 2.75) is 19.9 Å². The van der Waals surface area contributed by atoms with E-state index in [0.29, 0.717) is 18.7 Å². The second-order valence-electron chi connectivity index (χ2n) is 6.49. The van der Waals surface area contributed by atoms with Crippen LogP contribution < -0.4 is 10.6 Å². The SMILES string of the molecule is CC(C)NC(=O)C(=O)N1CCN(C(=O)CNC(=O)c2cccc(Br)c2)CC1. The molecule has 0 aromatic heterocycles. The van der Waals surface area contributed by atoms with Gasteiger partial charge in [-0.05, 0) is 32.0 Å². The first-order chi connectivity index (χ1) is 12.8. The third kappa shape index (κ3) is 6.06. The lowest BCUT2D eigenvalue weighted by molar-refractivity contribution is -0.148. The molecule has 1 fully saturated rings. The molecule has 1 aliphatic rings. The zero-order valence-electron chi connectivity index (χ0n) is 15.3. The summed E-state index contributed by atoms with van der Waals surface area (Å²) in [6, 6.07) is 6.78. The normalized spacial score (nSPS) is 14.1. The summed E-state index contributed by atoms with van der Waals surface area (Å²) in [6.45, 7) is 4.67. The Balaban J connectivity index is 1.78. The maximum atomic E-state index is 12.3. The van der Waals surface area contributed by atoms with Gasteiger partial charge in [0.1, 0.15) is 0 Å². The van der Waals surface area contributed by atoms with Crippen molar-refractivity contribution in [1.29, 1.82) is 0 Å². The number of nitrogens with one attached hydrogen (secondary N) is 2.